The molecule has 0 aliphatic carbocycles. The van der Waals surface area contributed by atoms with Crippen molar-refractivity contribution in [3.05, 3.63) is 33.8 Å². The van der Waals surface area contributed by atoms with Gasteiger partial charge in [-0.05, 0) is 42.4 Å². The SMILES string of the molecule is CC(C)(C)CCC(Cc1c(Cl)cccc1Cl)NN. The molecule has 0 saturated carbocycles. The largest absolute Gasteiger partial charge is 0.271 e. The summed E-state index contributed by atoms with van der Waals surface area (Å²) in [6.07, 6.45) is 2.86. The summed E-state index contributed by atoms with van der Waals surface area (Å²) in [5, 5.41) is 1.41. The predicted octanol–water partition coefficient (Wildman–Crippen LogP) is 4.19. The lowest BCUT2D eigenvalue weighted by molar-refractivity contribution is 0.330. The number of rotatable bonds is 5. The van der Waals surface area contributed by atoms with E-state index in [-0.39, 0.29) is 6.04 Å². The van der Waals surface area contributed by atoms with Gasteiger partial charge in [0, 0.05) is 16.1 Å². The highest BCUT2D eigenvalue weighted by atomic mass is 35.5. The third-order valence-electron chi connectivity index (χ3n) is 2.99. The van der Waals surface area contributed by atoms with Gasteiger partial charge in [0.1, 0.15) is 0 Å². The van der Waals surface area contributed by atoms with Gasteiger partial charge in [-0.2, -0.15) is 0 Å². The van der Waals surface area contributed by atoms with Gasteiger partial charge in [-0.15, -0.1) is 0 Å². The van der Waals surface area contributed by atoms with Gasteiger partial charge < -0.3 is 0 Å². The average Bonchev–Trinajstić information content (AvgIpc) is 2.26. The predicted molar refractivity (Wildman–Crippen MR) is 80.0 cm³/mol. The maximum absolute atomic E-state index is 6.17. The fourth-order valence-electron chi connectivity index (χ4n) is 1.83. The highest BCUT2D eigenvalue weighted by molar-refractivity contribution is 6.35. The van der Waals surface area contributed by atoms with E-state index in [9.17, 15) is 0 Å². The average molecular weight is 289 g/mol. The van der Waals surface area contributed by atoms with Gasteiger partial charge >= 0.3 is 0 Å². The van der Waals surface area contributed by atoms with Gasteiger partial charge in [-0.25, -0.2) is 0 Å². The first-order valence-electron chi connectivity index (χ1n) is 6.22. The summed E-state index contributed by atoms with van der Waals surface area (Å²) in [7, 11) is 0. The molecule has 1 atom stereocenters. The molecule has 0 saturated heterocycles. The van der Waals surface area contributed by atoms with Crippen LogP contribution in [0.4, 0.5) is 0 Å². The molecule has 1 rings (SSSR count). The van der Waals surface area contributed by atoms with Crippen molar-refractivity contribution >= 4 is 23.2 Å². The maximum Gasteiger partial charge on any atom is 0.0453 e. The normalized spacial score (nSPS) is 13.7. The van der Waals surface area contributed by atoms with Crippen LogP contribution in [0.5, 0.6) is 0 Å². The number of halogens is 2. The zero-order chi connectivity index (χ0) is 13.8. The summed E-state index contributed by atoms with van der Waals surface area (Å²) in [4.78, 5) is 0. The van der Waals surface area contributed by atoms with Crippen molar-refractivity contribution in [2.45, 2.75) is 46.1 Å². The Hall–Kier alpha value is -0.280. The van der Waals surface area contributed by atoms with E-state index in [1.807, 2.05) is 18.2 Å². The van der Waals surface area contributed by atoms with Gasteiger partial charge in [0.05, 0.1) is 0 Å². The molecule has 0 spiro atoms. The van der Waals surface area contributed by atoms with E-state index < -0.39 is 0 Å². The van der Waals surface area contributed by atoms with Gasteiger partial charge in [-0.1, -0.05) is 50.0 Å². The van der Waals surface area contributed by atoms with Crippen LogP contribution in [0.1, 0.15) is 39.2 Å². The van der Waals surface area contributed by atoms with E-state index in [0.29, 0.717) is 15.5 Å². The maximum atomic E-state index is 6.17. The van der Waals surface area contributed by atoms with Gasteiger partial charge in [-0.3, -0.25) is 11.3 Å². The highest BCUT2D eigenvalue weighted by Crippen LogP contribution is 2.28. The number of hydrogen-bond donors (Lipinski definition) is 2. The van der Waals surface area contributed by atoms with Crippen molar-refractivity contribution in [2.24, 2.45) is 11.3 Å². The van der Waals surface area contributed by atoms with E-state index in [2.05, 4.69) is 26.2 Å². The Morgan fingerprint density at radius 1 is 1.22 bits per heavy atom. The van der Waals surface area contributed by atoms with Crippen LogP contribution in [0.15, 0.2) is 18.2 Å². The molecule has 1 aromatic rings. The molecule has 0 aliphatic heterocycles. The summed E-state index contributed by atoms with van der Waals surface area (Å²) in [5.41, 5.74) is 4.14. The number of nitrogens with one attached hydrogen (secondary N) is 1. The monoisotopic (exact) mass is 288 g/mol. The van der Waals surface area contributed by atoms with Crippen LogP contribution >= 0.6 is 23.2 Å². The third-order valence-corrected chi connectivity index (χ3v) is 3.70. The van der Waals surface area contributed by atoms with E-state index in [1.165, 1.54) is 0 Å². The lowest BCUT2D eigenvalue weighted by Crippen LogP contribution is -2.37. The summed E-state index contributed by atoms with van der Waals surface area (Å²) < 4.78 is 0. The van der Waals surface area contributed by atoms with Gasteiger partial charge in [0.25, 0.3) is 0 Å². The molecule has 0 fully saturated rings. The summed E-state index contributed by atoms with van der Waals surface area (Å²) in [6, 6.07) is 5.77. The molecule has 4 heteroatoms. The van der Waals surface area contributed by atoms with Crippen molar-refractivity contribution in [1.82, 2.24) is 5.43 Å². The minimum absolute atomic E-state index is 0.196. The molecule has 0 bridgehead atoms. The highest BCUT2D eigenvalue weighted by Gasteiger charge is 2.17. The Morgan fingerprint density at radius 2 is 1.78 bits per heavy atom. The molecule has 0 amide bonds. The topological polar surface area (TPSA) is 38.0 Å². The Kier molecular flexibility index (Phi) is 5.93. The van der Waals surface area contributed by atoms with Crippen LogP contribution in [-0.2, 0) is 6.42 Å². The molecule has 2 nitrogen and oxygen atoms in total. The Labute approximate surface area is 120 Å². The quantitative estimate of drug-likeness (QED) is 0.630. The van der Waals surface area contributed by atoms with Crippen molar-refractivity contribution in [2.75, 3.05) is 0 Å². The minimum Gasteiger partial charge on any atom is -0.271 e. The van der Waals surface area contributed by atoms with Crippen LogP contribution in [0.3, 0.4) is 0 Å². The van der Waals surface area contributed by atoms with Crippen LogP contribution < -0.4 is 11.3 Å². The van der Waals surface area contributed by atoms with E-state index in [1.54, 1.807) is 0 Å². The lowest BCUT2D eigenvalue weighted by Gasteiger charge is -2.23. The molecule has 3 N–H and O–H groups in total. The molecule has 1 unspecified atom stereocenters. The second-order valence-corrected chi connectivity index (χ2v) is 6.68. The zero-order valence-corrected chi connectivity index (χ0v) is 12.8. The number of benzene rings is 1. The van der Waals surface area contributed by atoms with E-state index in [0.717, 1.165) is 24.8 Å². The molecule has 0 heterocycles. The van der Waals surface area contributed by atoms with Crippen LogP contribution in [0, 0.1) is 5.41 Å². The van der Waals surface area contributed by atoms with Gasteiger partial charge in [0.15, 0.2) is 0 Å². The first kappa shape index (κ1) is 15.8. The molecule has 0 aromatic heterocycles. The van der Waals surface area contributed by atoms with Crippen LogP contribution in [-0.4, -0.2) is 6.04 Å². The van der Waals surface area contributed by atoms with Crippen molar-refractivity contribution in [3.63, 3.8) is 0 Å². The van der Waals surface area contributed by atoms with Crippen LogP contribution in [0.25, 0.3) is 0 Å². The standard InChI is InChI=1S/C14H22Cl2N2/c1-14(2,3)8-7-10(18-17)9-11-12(15)5-4-6-13(11)16/h4-6,10,18H,7-9,17H2,1-3H3. The molecule has 0 radical (unpaired) electrons. The molecule has 1 aromatic carbocycles. The molecule has 0 aliphatic rings. The minimum atomic E-state index is 0.196. The molecule has 102 valence electrons. The van der Waals surface area contributed by atoms with Crippen molar-refractivity contribution < 1.29 is 0 Å². The fraction of sp³-hybridized carbons (Fsp3) is 0.571. The fourth-order valence-corrected chi connectivity index (χ4v) is 2.38. The summed E-state index contributed by atoms with van der Waals surface area (Å²) >= 11 is 12.3. The van der Waals surface area contributed by atoms with E-state index in [4.69, 9.17) is 29.0 Å². The molecular formula is C14H22Cl2N2. The number of hydrazine groups is 1. The second-order valence-electron chi connectivity index (χ2n) is 5.87. The van der Waals surface area contributed by atoms with E-state index >= 15 is 0 Å². The van der Waals surface area contributed by atoms with Crippen molar-refractivity contribution in [1.29, 1.82) is 0 Å². The first-order chi connectivity index (χ1) is 8.33. The second kappa shape index (κ2) is 6.76. The smallest absolute Gasteiger partial charge is 0.0453 e. The Balaban J connectivity index is 2.68. The number of hydrogen-bond acceptors (Lipinski definition) is 2. The number of nitrogens with two attached hydrogens (primary N) is 1. The Bertz CT molecular complexity index is 366. The third kappa shape index (κ3) is 5.15. The molecular weight excluding hydrogens is 267 g/mol. The summed E-state index contributed by atoms with van der Waals surface area (Å²) in [5.74, 6) is 5.61. The lowest BCUT2D eigenvalue weighted by atomic mass is 9.87. The zero-order valence-electron chi connectivity index (χ0n) is 11.3. The molecule has 18 heavy (non-hydrogen) atoms. The van der Waals surface area contributed by atoms with Crippen molar-refractivity contribution in [3.8, 4) is 0 Å². The van der Waals surface area contributed by atoms with Crippen LogP contribution in [0.2, 0.25) is 10.0 Å². The van der Waals surface area contributed by atoms with Gasteiger partial charge in [0.2, 0.25) is 0 Å². The Morgan fingerprint density at radius 3 is 2.22 bits per heavy atom. The summed E-state index contributed by atoms with van der Waals surface area (Å²) in [6.45, 7) is 6.68. The first-order valence-corrected chi connectivity index (χ1v) is 6.98.